The lowest BCUT2D eigenvalue weighted by atomic mass is 10.2. The lowest BCUT2D eigenvalue weighted by molar-refractivity contribution is -0.145. The number of amides is 1. The summed E-state index contributed by atoms with van der Waals surface area (Å²) < 4.78 is 49.9. The molecule has 2 aromatic rings. The average Bonchev–Trinajstić information content (AvgIpc) is 2.82. The van der Waals surface area contributed by atoms with E-state index in [0.29, 0.717) is 37.8 Å². The highest BCUT2D eigenvalue weighted by atomic mass is 32.2. The summed E-state index contributed by atoms with van der Waals surface area (Å²) in [5.74, 6) is 1.11. The van der Waals surface area contributed by atoms with Gasteiger partial charge in [-0.2, -0.15) is 0 Å². The van der Waals surface area contributed by atoms with E-state index in [-0.39, 0.29) is 29.7 Å². The second-order valence-electron chi connectivity index (χ2n) is 7.14. The largest absolute Gasteiger partial charge is 0.497 e. The minimum atomic E-state index is -3.77. The third-order valence-electron chi connectivity index (χ3n) is 5.08. The van der Waals surface area contributed by atoms with Crippen molar-refractivity contribution in [3.63, 3.8) is 0 Å². The second-order valence-corrected chi connectivity index (χ2v) is 8.91. The summed E-state index contributed by atoms with van der Waals surface area (Å²) in [5.41, 5.74) is 0.768. The van der Waals surface area contributed by atoms with Crippen LogP contribution in [0.5, 0.6) is 17.2 Å². The highest BCUT2D eigenvalue weighted by Crippen LogP contribution is 2.34. The Morgan fingerprint density at radius 1 is 1.16 bits per heavy atom. The Labute approximate surface area is 180 Å². The third kappa shape index (κ3) is 4.92. The van der Waals surface area contributed by atoms with E-state index in [2.05, 4.69) is 4.72 Å². The van der Waals surface area contributed by atoms with Crippen LogP contribution in [0.2, 0.25) is 0 Å². The third-order valence-corrected chi connectivity index (χ3v) is 6.48. The van der Waals surface area contributed by atoms with E-state index in [9.17, 15) is 13.2 Å². The van der Waals surface area contributed by atoms with Gasteiger partial charge in [0.25, 0.3) is 5.91 Å². The molecule has 0 bridgehead atoms. The maximum Gasteiger partial charge on any atom is 0.267 e. The van der Waals surface area contributed by atoms with Crippen molar-refractivity contribution < 1.29 is 32.2 Å². The van der Waals surface area contributed by atoms with Gasteiger partial charge in [0.15, 0.2) is 11.5 Å². The molecule has 0 unspecified atom stereocenters. The standard InChI is InChI=1S/C21H24N2O7S/c1-27-16-4-2-3-15(11-16)13-22-31(25,26)17-5-6-18-19(12-17)29-14-20(30-18)21(24)23-7-9-28-10-8-23/h2-6,11-12,20,22H,7-10,13-14H2,1H3/t20-/m0/s1. The fourth-order valence-corrected chi connectivity index (χ4v) is 4.40. The summed E-state index contributed by atoms with van der Waals surface area (Å²) >= 11 is 0. The number of hydrogen-bond donors (Lipinski definition) is 1. The molecule has 2 aliphatic rings. The summed E-state index contributed by atoms with van der Waals surface area (Å²) in [5, 5.41) is 0. The molecular formula is C21H24N2O7S. The molecule has 0 spiro atoms. The van der Waals surface area contributed by atoms with Gasteiger partial charge in [-0.25, -0.2) is 13.1 Å². The van der Waals surface area contributed by atoms with Gasteiger partial charge in [0, 0.05) is 25.7 Å². The molecule has 0 saturated carbocycles. The smallest absolute Gasteiger partial charge is 0.267 e. The van der Waals surface area contributed by atoms with Gasteiger partial charge in [0.2, 0.25) is 16.1 Å². The molecule has 31 heavy (non-hydrogen) atoms. The first-order valence-electron chi connectivity index (χ1n) is 9.89. The quantitative estimate of drug-likeness (QED) is 0.708. The van der Waals surface area contributed by atoms with Gasteiger partial charge >= 0.3 is 0 Å². The van der Waals surface area contributed by atoms with Crippen LogP contribution < -0.4 is 18.9 Å². The second kappa shape index (κ2) is 9.13. The number of carbonyl (C=O) groups is 1. The van der Waals surface area contributed by atoms with E-state index >= 15 is 0 Å². The number of hydrogen-bond acceptors (Lipinski definition) is 7. The normalized spacial score (nSPS) is 18.5. The van der Waals surface area contributed by atoms with E-state index in [0.717, 1.165) is 5.56 Å². The number of rotatable bonds is 6. The van der Waals surface area contributed by atoms with Crippen molar-refractivity contribution >= 4 is 15.9 Å². The number of methoxy groups -OCH3 is 1. The molecule has 1 N–H and O–H groups in total. The van der Waals surface area contributed by atoms with Gasteiger partial charge in [-0.3, -0.25) is 4.79 Å². The van der Waals surface area contributed by atoms with Crippen LogP contribution in [0.4, 0.5) is 0 Å². The Balaban J connectivity index is 1.42. The number of nitrogens with zero attached hydrogens (tertiary/aromatic N) is 1. The van der Waals surface area contributed by atoms with Crippen molar-refractivity contribution in [1.82, 2.24) is 9.62 Å². The Kier molecular flexibility index (Phi) is 6.30. The Morgan fingerprint density at radius 3 is 2.74 bits per heavy atom. The van der Waals surface area contributed by atoms with Gasteiger partial charge in [-0.05, 0) is 29.8 Å². The highest BCUT2D eigenvalue weighted by Gasteiger charge is 2.32. The van der Waals surface area contributed by atoms with Crippen molar-refractivity contribution in [2.24, 2.45) is 0 Å². The molecular weight excluding hydrogens is 424 g/mol. The van der Waals surface area contributed by atoms with Gasteiger partial charge in [-0.15, -0.1) is 0 Å². The molecule has 9 nitrogen and oxygen atoms in total. The Bertz CT molecular complexity index is 1050. The van der Waals surface area contributed by atoms with Crippen LogP contribution in [0, 0.1) is 0 Å². The predicted octanol–water partition coefficient (Wildman–Crippen LogP) is 1.17. The maximum atomic E-state index is 12.7. The zero-order chi connectivity index (χ0) is 21.8. The molecule has 10 heteroatoms. The van der Waals surface area contributed by atoms with Crippen LogP contribution in [-0.2, 0) is 26.1 Å². The fraction of sp³-hybridized carbons (Fsp3) is 0.381. The van der Waals surface area contributed by atoms with E-state index in [4.69, 9.17) is 18.9 Å². The van der Waals surface area contributed by atoms with Crippen molar-refractivity contribution in [2.45, 2.75) is 17.5 Å². The minimum Gasteiger partial charge on any atom is -0.497 e. The number of fused-ring (bicyclic) bond motifs is 1. The molecule has 2 heterocycles. The molecule has 2 aliphatic heterocycles. The van der Waals surface area contributed by atoms with Crippen LogP contribution in [0.3, 0.4) is 0 Å². The molecule has 4 rings (SSSR count). The molecule has 0 aliphatic carbocycles. The Morgan fingerprint density at radius 2 is 1.97 bits per heavy atom. The summed E-state index contributed by atoms with van der Waals surface area (Å²) in [4.78, 5) is 14.3. The van der Waals surface area contributed by atoms with Crippen LogP contribution in [0.1, 0.15) is 5.56 Å². The number of ether oxygens (including phenoxy) is 4. The van der Waals surface area contributed by atoms with Crippen molar-refractivity contribution in [2.75, 3.05) is 40.0 Å². The monoisotopic (exact) mass is 448 g/mol. The summed E-state index contributed by atoms with van der Waals surface area (Å²) in [7, 11) is -2.22. The highest BCUT2D eigenvalue weighted by molar-refractivity contribution is 7.89. The first kappa shape index (κ1) is 21.4. The number of sulfonamides is 1. The van der Waals surface area contributed by atoms with E-state index in [1.165, 1.54) is 18.2 Å². The summed E-state index contributed by atoms with van der Waals surface area (Å²) in [6, 6.07) is 11.5. The first-order valence-corrected chi connectivity index (χ1v) is 11.4. The zero-order valence-electron chi connectivity index (χ0n) is 17.1. The fourth-order valence-electron chi connectivity index (χ4n) is 3.37. The molecule has 0 radical (unpaired) electrons. The van der Waals surface area contributed by atoms with Gasteiger partial charge < -0.3 is 23.8 Å². The topological polar surface area (TPSA) is 103 Å². The van der Waals surface area contributed by atoms with E-state index < -0.39 is 16.1 Å². The lowest BCUT2D eigenvalue weighted by Crippen LogP contribution is -2.50. The van der Waals surface area contributed by atoms with Crippen LogP contribution >= 0.6 is 0 Å². The van der Waals surface area contributed by atoms with Crippen molar-refractivity contribution in [1.29, 1.82) is 0 Å². The number of carbonyl (C=O) groups excluding carboxylic acids is 1. The molecule has 1 saturated heterocycles. The molecule has 1 fully saturated rings. The van der Waals surface area contributed by atoms with Gasteiger partial charge in [0.05, 0.1) is 25.2 Å². The molecule has 2 aromatic carbocycles. The molecule has 0 aromatic heterocycles. The van der Waals surface area contributed by atoms with Crippen LogP contribution in [0.25, 0.3) is 0 Å². The van der Waals surface area contributed by atoms with Crippen LogP contribution in [-0.4, -0.2) is 65.3 Å². The van der Waals surface area contributed by atoms with E-state index in [1.54, 1.807) is 36.3 Å². The SMILES string of the molecule is COc1cccc(CNS(=O)(=O)c2ccc3c(c2)OC[C@@H](C(=O)N2CCOCC2)O3)c1. The zero-order valence-corrected chi connectivity index (χ0v) is 17.9. The van der Waals surface area contributed by atoms with Crippen molar-refractivity contribution in [3.8, 4) is 17.2 Å². The van der Waals surface area contributed by atoms with Gasteiger partial charge in [-0.1, -0.05) is 12.1 Å². The van der Waals surface area contributed by atoms with Crippen molar-refractivity contribution in [3.05, 3.63) is 48.0 Å². The Hall–Kier alpha value is -2.82. The number of morpholine rings is 1. The number of nitrogens with one attached hydrogen (secondary N) is 1. The predicted molar refractivity (Wildman–Crippen MR) is 111 cm³/mol. The van der Waals surface area contributed by atoms with Gasteiger partial charge in [0.1, 0.15) is 12.4 Å². The lowest BCUT2D eigenvalue weighted by Gasteiger charge is -2.32. The van der Waals surface area contributed by atoms with E-state index in [1.807, 2.05) is 0 Å². The van der Waals surface area contributed by atoms with Crippen LogP contribution in [0.15, 0.2) is 47.4 Å². The first-order chi connectivity index (χ1) is 15.0. The minimum absolute atomic E-state index is 0.0178. The molecule has 166 valence electrons. The molecule has 1 atom stereocenters. The average molecular weight is 448 g/mol. The number of benzene rings is 2. The summed E-state index contributed by atoms with van der Waals surface area (Å²) in [6.45, 7) is 2.16. The summed E-state index contributed by atoms with van der Waals surface area (Å²) in [6.07, 6.45) is -0.765. The molecule has 1 amide bonds. The maximum absolute atomic E-state index is 12.7.